The van der Waals surface area contributed by atoms with Crippen LogP contribution in [0.5, 0.6) is 0 Å². The first-order valence-corrected chi connectivity index (χ1v) is 9.90. The van der Waals surface area contributed by atoms with Gasteiger partial charge in [-0.05, 0) is 25.0 Å². The summed E-state index contributed by atoms with van der Waals surface area (Å²) in [5.74, 6) is 2.34. The van der Waals surface area contributed by atoms with Gasteiger partial charge in [-0.1, -0.05) is 51.9 Å². The van der Waals surface area contributed by atoms with E-state index in [0.29, 0.717) is 13.0 Å². The fraction of sp³-hybridized carbons (Fsp3) is 0.941. The summed E-state index contributed by atoms with van der Waals surface area (Å²) in [6.07, 6.45) is 12.7. The highest BCUT2D eigenvalue weighted by Crippen LogP contribution is 2.12. The van der Waals surface area contributed by atoms with Crippen LogP contribution >= 0.6 is 11.8 Å². The van der Waals surface area contributed by atoms with Gasteiger partial charge in [0.05, 0.1) is 6.61 Å². The molecule has 0 aromatic heterocycles. The Balaban J connectivity index is 3.06. The van der Waals surface area contributed by atoms with Crippen molar-refractivity contribution in [3.05, 3.63) is 0 Å². The molecular formula is C17H35NO2S. The first-order chi connectivity index (χ1) is 10.3. The highest BCUT2D eigenvalue weighted by atomic mass is 32.2. The Labute approximate surface area is 135 Å². The zero-order chi connectivity index (χ0) is 15.6. The van der Waals surface area contributed by atoms with Crippen LogP contribution in [0, 0.1) is 0 Å². The number of thioether (sulfide) groups is 1. The third-order valence-corrected chi connectivity index (χ3v) is 4.54. The molecule has 0 aromatic carbocycles. The van der Waals surface area contributed by atoms with E-state index in [1.807, 2.05) is 11.8 Å². The molecule has 0 saturated carbocycles. The van der Waals surface area contributed by atoms with E-state index in [2.05, 4.69) is 6.92 Å². The van der Waals surface area contributed by atoms with Gasteiger partial charge in [0.2, 0.25) is 0 Å². The summed E-state index contributed by atoms with van der Waals surface area (Å²) < 4.78 is 5.13. The van der Waals surface area contributed by atoms with Crippen molar-refractivity contribution in [3.8, 4) is 0 Å². The number of ether oxygens (including phenoxy) is 1. The molecule has 4 heteroatoms. The average Bonchev–Trinajstić information content (AvgIpc) is 2.48. The van der Waals surface area contributed by atoms with Gasteiger partial charge in [-0.15, -0.1) is 0 Å². The lowest BCUT2D eigenvalue weighted by Crippen LogP contribution is -2.05. The molecule has 0 amide bonds. The second-order valence-electron chi connectivity index (χ2n) is 5.55. The van der Waals surface area contributed by atoms with Crippen molar-refractivity contribution < 1.29 is 9.53 Å². The number of unbranched alkanes of at least 4 members (excludes halogenated alkanes) is 8. The topological polar surface area (TPSA) is 52.3 Å². The van der Waals surface area contributed by atoms with Gasteiger partial charge >= 0.3 is 5.97 Å². The van der Waals surface area contributed by atoms with Gasteiger partial charge in [0.25, 0.3) is 0 Å². The summed E-state index contributed by atoms with van der Waals surface area (Å²) in [6, 6.07) is 0. The van der Waals surface area contributed by atoms with Crippen molar-refractivity contribution in [1.29, 1.82) is 0 Å². The van der Waals surface area contributed by atoms with Crippen molar-refractivity contribution in [2.45, 2.75) is 77.6 Å². The Morgan fingerprint density at radius 3 is 2.14 bits per heavy atom. The van der Waals surface area contributed by atoms with Crippen molar-refractivity contribution in [2.24, 2.45) is 5.73 Å². The van der Waals surface area contributed by atoms with Crippen LogP contribution in [-0.2, 0) is 9.53 Å². The highest BCUT2D eigenvalue weighted by molar-refractivity contribution is 7.99. The fourth-order valence-corrected chi connectivity index (χ4v) is 2.90. The van der Waals surface area contributed by atoms with E-state index >= 15 is 0 Å². The van der Waals surface area contributed by atoms with Crippen LogP contribution in [0.25, 0.3) is 0 Å². The summed E-state index contributed by atoms with van der Waals surface area (Å²) in [5.41, 5.74) is 5.45. The molecule has 0 atom stereocenters. The smallest absolute Gasteiger partial charge is 0.305 e. The molecule has 3 nitrogen and oxygen atoms in total. The molecular weight excluding hydrogens is 282 g/mol. The number of nitrogens with two attached hydrogens (primary N) is 1. The van der Waals surface area contributed by atoms with Gasteiger partial charge in [-0.25, -0.2) is 0 Å². The Morgan fingerprint density at radius 1 is 0.905 bits per heavy atom. The molecule has 0 fully saturated rings. The predicted octanol–water partition coefficient (Wildman–Crippen LogP) is 4.53. The predicted molar refractivity (Wildman–Crippen MR) is 93.8 cm³/mol. The molecule has 2 N–H and O–H groups in total. The Morgan fingerprint density at radius 2 is 1.52 bits per heavy atom. The van der Waals surface area contributed by atoms with Crippen molar-refractivity contribution in [3.63, 3.8) is 0 Å². The van der Waals surface area contributed by atoms with Crippen LogP contribution in [0.1, 0.15) is 77.6 Å². The second-order valence-corrected chi connectivity index (χ2v) is 6.78. The number of hydrogen-bond acceptors (Lipinski definition) is 4. The maximum Gasteiger partial charge on any atom is 0.305 e. The van der Waals surface area contributed by atoms with Crippen LogP contribution in [-0.4, -0.2) is 30.6 Å². The van der Waals surface area contributed by atoms with E-state index in [1.54, 1.807) is 0 Å². The van der Waals surface area contributed by atoms with Crippen LogP contribution in [0.2, 0.25) is 0 Å². The van der Waals surface area contributed by atoms with E-state index in [4.69, 9.17) is 10.5 Å². The van der Waals surface area contributed by atoms with Crippen LogP contribution in [0.15, 0.2) is 0 Å². The van der Waals surface area contributed by atoms with Crippen LogP contribution in [0.3, 0.4) is 0 Å². The third-order valence-electron chi connectivity index (χ3n) is 3.44. The summed E-state index contributed by atoms with van der Waals surface area (Å²) in [7, 11) is 0. The molecule has 0 unspecified atom stereocenters. The van der Waals surface area contributed by atoms with Crippen molar-refractivity contribution >= 4 is 17.7 Å². The molecule has 0 spiro atoms. The fourth-order valence-electron chi connectivity index (χ4n) is 2.12. The minimum Gasteiger partial charge on any atom is -0.466 e. The summed E-state index contributed by atoms with van der Waals surface area (Å²) >= 11 is 1.97. The molecule has 21 heavy (non-hydrogen) atoms. The molecule has 0 radical (unpaired) electrons. The maximum absolute atomic E-state index is 11.4. The minimum absolute atomic E-state index is 0.0153. The summed E-state index contributed by atoms with van der Waals surface area (Å²) in [6.45, 7) is 3.50. The minimum atomic E-state index is -0.0153. The van der Waals surface area contributed by atoms with E-state index in [-0.39, 0.29) is 5.97 Å². The standard InChI is InChI=1S/C17H35NO2S/c1-2-3-14-20-17(19)12-10-8-6-4-5-7-9-11-15-21-16-13-18/h2-16,18H2,1H3. The van der Waals surface area contributed by atoms with Gasteiger partial charge < -0.3 is 10.5 Å². The lowest BCUT2D eigenvalue weighted by molar-refractivity contribution is -0.143. The number of carbonyl (C=O) groups is 1. The van der Waals surface area contributed by atoms with Gasteiger partial charge in [-0.2, -0.15) is 11.8 Å². The molecule has 0 rings (SSSR count). The molecule has 0 aliphatic rings. The lowest BCUT2D eigenvalue weighted by atomic mass is 10.1. The van der Waals surface area contributed by atoms with Gasteiger partial charge in [0, 0.05) is 18.7 Å². The van der Waals surface area contributed by atoms with Crippen molar-refractivity contribution in [1.82, 2.24) is 0 Å². The van der Waals surface area contributed by atoms with Crippen LogP contribution in [0.4, 0.5) is 0 Å². The van der Waals surface area contributed by atoms with Crippen LogP contribution < -0.4 is 5.73 Å². The normalized spacial score (nSPS) is 10.8. The Hall–Kier alpha value is -0.220. The first-order valence-electron chi connectivity index (χ1n) is 8.74. The van der Waals surface area contributed by atoms with Gasteiger partial charge in [-0.3, -0.25) is 4.79 Å². The molecule has 0 aliphatic heterocycles. The molecule has 0 aliphatic carbocycles. The molecule has 0 saturated heterocycles. The number of esters is 1. The molecule has 0 heterocycles. The lowest BCUT2D eigenvalue weighted by Gasteiger charge is -2.04. The van der Waals surface area contributed by atoms with Gasteiger partial charge in [0.1, 0.15) is 0 Å². The number of rotatable bonds is 16. The second kappa shape index (κ2) is 17.8. The van der Waals surface area contributed by atoms with E-state index in [9.17, 15) is 4.79 Å². The zero-order valence-corrected chi connectivity index (χ0v) is 14.7. The molecule has 0 aromatic rings. The highest BCUT2D eigenvalue weighted by Gasteiger charge is 2.01. The Bertz CT molecular complexity index is 225. The SMILES string of the molecule is CCCCOC(=O)CCCCCCCCCCSCCN. The Kier molecular flexibility index (Phi) is 17.6. The largest absolute Gasteiger partial charge is 0.466 e. The third kappa shape index (κ3) is 17.7. The average molecular weight is 318 g/mol. The quantitative estimate of drug-likeness (QED) is 0.335. The summed E-state index contributed by atoms with van der Waals surface area (Å²) in [4.78, 5) is 11.4. The van der Waals surface area contributed by atoms with Crippen molar-refractivity contribution in [2.75, 3.05) is 24.7 Å². The zero-order valence-electron chi connectivity index (χ0n) is 13.9. The first kappa shape index (κ1) is 20.8. The molecule has 126 valence electrons. The van der Waals surface area contributed by atoms with E-state index in [0.717, 1.165) is 38.0 Å². The molecule has 0 bridgehead atoms. The van der Waals surface area contributed by atoms with Gasteiger partial charge in [0.15, 0.2) is 0 Å². The number of hydrogen-bond donors (Lipinski definition) is 1. The number of carbonyl (C=O) groups excluding carboxylic acids is 1. The monoisotopic (exact) mass is 317 g/mol. The maximum atomic E-state index is 11.4. The van der Waals surface area contributed by atoms with E-state index in [1.165, 1.54) is 44.3 Å². The summed E-state index contributed by atoms with van der Waals surface area (Å²) in [5, 5.41) is 0. The van der Waals surface area contributed by atoms with E-state index < -0.39 is 0 Å².